The Hall–Kier alpha value is -2.03. The highest BCUT2D eigenvalue weighted by Gasteiger charge is 2.24. The van der Waals surface area contributed by atoms with Crippen molar-refractivity contribution < 1.29 is 9.18 Å². The number of anilines is 1. The second-order valence-corrected chi connectivity index (χ2v) is 7.36. The molecule has 2 heterocycles. The van der Waals surface area contributed by atoms with Gasteiger partial charge in [-0.15, -0.1) is 12.4 Å². The van der Waals surface area contributed by atoms with Gasteiger partial charge in [-0.2, -0.15) is 5.10 Å². The predicted molar refractivity (Wildman–Crippen MR) is 110 cm³/mol. The van der Waals surface area contributed by atoms with Crippen molar-refractivity contribution in [1.82, 2.24) is 19.7 Å². The maximum absolute atomic E-state index is 13.5. The van der Waals surface area contributed by atoms with Crippen LogP contribution in [0.1, 0.15) is 23.1 Å². The van der Waals surface area contributed by atoms with E-state index in [4.69, 9.17) is 0 Å². The average Bonchev–Trinajstić information content (AvgIpc) is 3.17. The van der Waals surface area contributed by atoms with E-state index in [0.29, 0.717) is 36.0 Å². The summed E-state index contributed by atoms with van der Waals surface area (Å²) in [5, 5.41) is 4.96. The van der Waals surface area contributed by atoms with Crippen molar-refractivity contribution in [1.29, 1.82) is 0 Å². The van der Waals surface area contributed by atoms with Crippen LogP contribution in [0.3, 0.4) is 0 Å². The number of likely N-dealkylation sites (N-methyl/N-ethyl adjacent to an activating group) is 1. The van der Waals surface area contributed by atoms with Gasteiger partial charge < -0.3 is 4.90 Å². The van der Waals surface area contributed by atoms with Crippen LogP contribution < -0.4 is 4.90 Å². The maximum Gasteiger partial charge on any atom is 0.280 e. The number of benzene rings is 1. The zero-order valence-electron chi connectivity index (χ0n) is 15.8. The first kappa shape index (κ1) is 21.3. The lowest BCUT2D eigenvalue weighted by atomic mass is 10.3. The quantitative estimate of drug-likeness (QED) is 0.622. The zero-order valence-corrected chi connectivity index (χ0v) is 17.4. The highest BCUT2D eigenvalue weighted by Crippen LogP contribution is 2.30. The Morgan fingerprint density at radius 2 is 2.00 bits per heavy atom. The van der Waals surface area contributed by atoms with Gasteiger partial charge in [0.1, 0.15) is 5.82 Å². The van der Waals surface area contributed by atoms with Gasteiger partial charge in [0.05, 0.1) is 10.2 Å². The number of rotatable bonds is 6. The summed E-state index contributed by atoms with van der Waals surface area (Å²) in [5.74, 6) is -0.502. The molecule has 0 N–H and O–H groups in total. The van der Waals surface area contributed by atoms with E-state index in [-0.39, 0.29) is 24.1 Å². The molecular weight excluding hydrogens is 389 g/mol. The highest BCUT2D eigenvalue weighted by molar-refractivity contribution is 7.22. The fourth-order valence-corrected chi connectivity index (χ4v) is 3.67. The third kappa shape index (κ3) is 4.63. The molecule has 0 saturated heterocycles. The van der Waals surface area contributed by atoms with E-state index in [0.717, 1.165) is 10.4 Å². The second kappa shape index (κ2) is 8.77. The van der Waals surface area contributed by atoms with Crippen molar-refractivity contribution >= 4 is 45.0 Å². The lowest BCUT2D eigenvalue weighted by molar-refractivity contribution is 0.0979. The minimum atomic E-state index is -0.309. The van der Waals surface area contributed by atoms with E-state index in [2.05, 4.69) is 10.1 Å². The van der Waals surface area contributed by atoms with Gasteiger partial charge in [0.25, 0.3) is 5.91 Å². The van der Waals surface area contributed by atoms with Gasteiger partial charge in [-0.3, -0.25) is 14.4 Å². The van der Waals surface area contributed by atoms with Crippen molar-refractivity contribution in [2.75, 3.05) is 32.1 Å². The molecular formula is C18H23ClFN5OS. The van der Waals surface area contributed by atoms with Crippen molar-refractivity contribution in [3.63, 3.8) is 0 Å². The van der Waals surface area contributed by atoms with Gasteiger partial charge in [-0.1, -0.05) is 11.3 Å². The van der Waals surface area contributed by atoms with E-state index in [1.165, 1.54) is 23.5 Å². The van der Waals surface area contributed by atoms with E-state index in [9.17, 15) is 9.18 Å². The fourth-order valence-electron chi connectivity index (χ4n) is 2.66. The van der Waals surface area contributed by atoms with Crippen LogP contribution in [0.4, 0.5) is 9.52 Å². The maximum atomic E-state index is 13.5. The molecule has 0 bridgehead atoms. The summed E-state index contributed by atoms with van der Waals surface area (Å²) < 4.78 is 16.0. The first-order valence-corrected chi connectivity index (χ1v) is 9.28. The molecule has 146 valence electrons. The van der Waals surface area contributed by atoms with Crippen LogP contribution >= 0.6 is 23.7 Å². The largest absolute Gasteiger partial charge is 0.308 e. The minimum Gasteiger partial charge on any atom is -0.308 e. The van der Waals surface area contributed by atoms with Crippen LogP contribution in [0.5, 0.6) is 0 Å². The number of carbonyl (C=O) groups is 1. The van der Waals surface area contributed by atoms with E-state index in [1.807, 2.05) is 32.8 Å². The van der Waals surface area contributed by atoms with Crippen molar-refractivity contribution in [3.05, 3.63) is 41.5 Å². The number of hydrogen-bond donors (Lipinski definition) is 0. The third-order valence-corrected chi connectivity index (χ3v) is 5.13. The predicted octanol–water partition coefficient (Wildman–Crippen LogP) is 3.59. The second-order valence-electron chi connectivity index (χ2n) is 6.36. The van der Waals surface area contributed by atoms with Crippen LogP contribution in [0, 0.1) is 12.7 Å². The topological polar surface area (TPSA) is 54.3 Å². The van der Waals surface area contributed by atoms with Gasteiger partial charge >= 0.3 is 0 Å². The molecule has 0 aliphatic carbocycles. The SMILES string of the molecule is CCn1nc(C(=O)N(CCN(C)C)c2nc3ccc(F)cc3s2)cc1C.Cl. The van der Waals surface area contributed by atoms with Gasteiger partial charge in [-0.05, 0) is 52.2 Å². The molecule has 0 fully saturated rings. The number of nitrogens with zero attached hydrogens (tertiary/aromatic N) is 5. The van der Waals surface area contributed by atoms with Crippen LogP contribution in [0.15, 0.2) is 24.3 Å². The summed E-state index contributed by atoms with van der Waals surface area (Å²) >= 11 is 1.31. The monoisotopic (exact) mass is 411 g/mol. The Bertz CT molecular complexity index is 939. The Kier molecular flexibility index (Phi) is 6.91. The number of hydrogen-bond acceptors (Lipinski definition) is 5. The number of aromatic nitrogens is 3. The summed E-state index contributed by atoms with van der Waals surface area (Å²) in [6, 6.07) is 6.25. The minimum absolute atomic E-state index is 0. The first-order valence-electron chi connectivity index (χ1n) is 8.46. The molecule has 6 nitrogen and oxygen atoms in total. The normalized spacial score (nSPS) is 11.0. The molecule has 0 aliphatic heterocycles. The van der Waals surface area contributed by atoms with Crippen molar-refractivity contribution in [2.45, 2.75) is 20.4 Å². The molecule has 1 aromatic carbocycles. The van der Waals surface area contributed by atoms with Crippen molar-refractivity contribution in [2.24, 2.45) is 0 Å². The fraction of sp³-hybridized carbons (Fsp3) is 0.389. The van der Waals surface area contributed by atoms with Crippen LogP contribution in [-0.4, -0.2) is 52.8 Å². The molecule has 1 amide bonds. The smallest absolute Gasteiger partial charge is 0.280 e. The molecule has 0 radical (unpaired) electrons. The molecule has 9 heteroatoms. The number of thiazole rings is 1. The standard InChI is InChI=1S/C18H22FN5OS.ClH/c1-5-24-12(2)10-15(21-24)17(25)23(9-8-22(3)4)18-20-14-7-6-13(19)11-16(14)26-18;/h6-7,10-11H,5,8-9H2,1-4H3;1H. The lowest BCUT2D eigenvalue weighted by Crippen LogP contribution is -2.37. The number of aryl methyl sites for hydroxylation is 2. The summed E-state index contributed by atoms with van der Waals surface area (Å²) in [5.41, 5.74) is 2.02. The van der Waals surface area contributed by atoms with Gasteiger partial charge in [-0.25, -0.2) is 9.37 Å². The molecule has 2 aromatic heterocycles. The molecule has 0 unspecified atom stereocenters. The van der Waals surface area contributed by atoms with Crippen LogP contribution in [-0.2, 0) is 6.54 Å². The Balaban J connectivity index is 0.00000261. The van der Waals surface area contributed by atoms with Gasteiger partial charge in [0.15, 0.2) is 10.8 Å². The number of halogens is 2. The van der Waals surface area contributed by atoms with E-state index in [1.54, 1.807) is 21.7 Å². The molecule has 0 saturated carbocycles. The molecule has 0 atom stereocenters. The average molecular weight is 412 g/mol. The summed E-state index contributed by atoms with van der Waals surface area (Å²) in [4.78, 5) is 21.3. The highest BCUT2D eigenvalue weighted by atomic mass is 35.5. The summed E-state index contributed by atoms with van der Waals surface area (Å²) in [6.07, 6.45) is 0. The Morgan fingerprint density at radius 1 is 1.26 bits per heavy atom. The summed E-state index contributed by atoms with van der Waals surface area (Å²) in [7, 11) is 3.90. The van der Waals surface area contributed by atoms with Crippen molar-refractivity contribution in [3.8, 4) is 0 Å². The number of carbonyl (C=O) groups excluding carboxylic acids is 1. The third-order valence-electron chi connectivity index (χ3n) is 4.09. The lowest BCUT2D eigenvalue weighted by Gasteiger charge is -2.21. The molecule has 3 rings (SSSR count). The van der Waals surface area contributed by atoms with E-state index >= 15 is 0 Å². The zero-order chi connectivity index (χ0) is 18.8. The van der Waals surface area contributed by atoms with Crippen LogP contribution in [0.2, 0.25) is 0 Å². The number of fused-ring (bicyclic) bond motifs is 1. The Morgan fingerprint density at radius 3 is 2.63 bits per heavy atom. The molecule has 27 heavy (non-hydrogen) atoms. The summed E-state index contributed by atoms with van der Waals surface area (Å²) in [6.45, 7) is 5.78. The Labute approximate surface area is 168 Å². The molecule has 0 spiro atoms. The van der Waals surface area contributed by atoms with E-state index < -0.39 is 0 Å². The van der Waals surface area contributed by atoms with Crippen LogP contribution in [0.25, 0.3) is 10.2 Å². The number of amides is 1. The molecule has 0 aliphatic rings. The first-order chi connectivity index (χ1) is 12.4. The van der Waals surface area contributed by atoms with Gasteiger partial charge in [0.2, 0.25) is 0 Å². The molecule has 3 aromatic rings. The van der Waals surface area contributed by atoms with Gasteiger partial charge in [0, 0.05) is 25.3 Å².